The predicted octanol–water partition coefficient (Wildman–Crippen LogP) is 2.25. The largest absolute Gasteiger partial charge is 0.339 e. The Balaban J connectivity index is 1.84. The van der Waals surface area contributed by atoms with Gasteiger partial charge in [0.25, 0.3) is 0 Å². The standard InChI is InChI=1S/C18H26N2O2/c1-4-15(3)18(22)20-11-9-19(10-12-20)17(21)13-16-7-5-14(2)6-8-16/h5-8,15H,4,9-13H2,1-3H3. The molecule has 1 aliphatic heterocycles. The van der Waals surface area contributed by atoms with Crippen molar-refractivity contribution in [1.29, 1.82) is 0 Å². The average Bonchev–Trinajstić information content (AvgIpc) is 2.55. The molecule has 22 heavy (non-hydrogen) atoms. The quantitative estimate of drug-likeness (QED) is 0.856. The van der Waals surface area contributed by atoms with E-state index in [0.717, 1.165) is 12.0 Å². The van der Waals surface area contributed by atoms with E-state index in [1.54, 1.807) is 0 Å². The van der Waals surface area contributed by atoms with Gasteiger partial charge in [0.05, 0.1) is 6.42 Å². The van der Waals surface area contributed by atoms with E-state index in [0.29, 0.717) is 32.6 Å². The van der Waals surface area contributed by atoms with Gasteiger partial charge in [-0.3, -0.25) is 9.59 Å². The monoisotopic (exact) mass is 302 g/mol. The third-order valence-corrected chi connectivity index (χ3v) is 4.45. The molecule has 0 spiro atoms. The second kappa shape index (κ2) is 7.43. The van der Waals surface area contributed by atoms with E-state index in [1.165, 1.54) is 5.56 Å². The van der Waals surface area contributed by atoms with Crippen molar-refractivity contribution in [3.8, 4) is 0 Å². The van der Waals surface area contributed by atoms with Crippen LogP contribution in [0.15, 0.2) is 24.3 Å². The Bertz CT molecular complexity index is 516. The van der Waals surface area contributed by atoms with Crippen molar-refractivity contribution in [2.75, 3.05) is 26.2 Å². The van der Waals surface area contributed by atoms with Gasteiger partial charge < -0.3 is 9.80 Å². The van der Waals surface area contributed by atoms with E-state index in [4.69, 9.17) is 0 Å². The molecule has 0 N–H and O–H groups in total. The minimum absolute atomic E-state index is 0.0785. The molecule has 1 heterocycles. The number of benzene rings is 1. The van der Waals surface area contributed by atoms with Crippen molar-refractivity contribution in [3.05, 3.63) is 35.4 Å². The molecule has 1 aliphatic rings. The fourth-order valence-electron chi connectivity index (χ4n) is 2.65. The Hall–Kier alpha value is -1.84. The summed E-state index contributed by atoms with van der Waals surface area (Å²) in [4.78, 5) is 28.3. The molecule has 1 unspecified atom stereocenters. The van der Waals surface area contributed by atoms with Crippen LogP contribution in [-0.2, 0) is 16.0 Å². The van der Waals surface area contributed by atoms with Gasteiger partial charge in [0.2, 0.25) is 11.8 Å². The molecule has 1 saturated heterocycles. The second-order valence-electron chi connectivity index (χ2n) is 6.18. The molecule has 0 radical (unpaired) electrons. The topological polar surface area (TPSA) is 40.6 Å². The molecule has 1 aromatic carbocycles. The minimum Gasteiger partial charge on any atom is -0.339 e. The van der Waals surface area contributed by atoms with Gasteiger partial charge in [-0.25, -0.2) is 0 Å². The Labute approximate surface area is 133 Å². The number of hydrogen-bond acceptors (Lipinski definition) is 2. The zero-order chi connectivity index (χ0) is 16.1. The molecule has 1 aromatic rings. The molecule has 4 heteroatoms. The fraction of sp³-hybridized carbons (Fsp3) is 0.556. The number of amides is 2. The van der Waals surface area contributed by atoms with Crippen molar-refractivity contribution in [3.63, 3.8) is 0 Å². The normalized spacial score (nSPS) is 16.5. The second-order valence-corrected chi connectivity index (χ2v) is 6.18. The first kappa shape index (κ1) is 16.5. The van der Waals surface area contributed by atoms with Gasteiger partial charge in [-0.2, -0.15) is 0 Å². The van der Waals surface area contributed by atoms with Crippen molar-refractivity contribution in [1.82, 2.24) is 9.80 Å². The summed E-state index contributed by atoms with van der Waals surface area (Å²) in [5, 5.41) is 0. The van der Waals surface area contributed by atoms with Gasteiger partial charge in [0.1, 0.15) is 0 Å². The summed E-state index contributed by atoms with van der Waals surface area (Å²) in [6, 6.07) is 8.09. The molecule has 0 aromatic heterocycles. The molecule has 1 fully saturated rings. The maximum absolute atomic E-state index is 12.3. The number of aryl methyl sites for hydroxylation is 1. The highest BCUT2D eigenvalue weighted by molar-refractivity contribution is 5.80. The lowest BCUT2D eigenvalue weighted by molar-refractivity contribution is -0.141. The summed E-state index contributed by atoms with van der Waals surface area (Å²) in [6.45, 7) is 8.64. The van der Waals surface area contributed by atoms with E-state index in [1.807, 2.05) is 54.8 Å². The van der Waals surface area contributed by atoms with Crippen LogP contribution in [0.25, 0.3) is 0 Å². The van der Waals surface area contributed by atoms with Gasteiger partial charge in [0.15, 0.2) is 0 Å². The Morgan fingerprint density at radius 3 is 2.14 bits per heavy atom. The Morgan fingerprint density at radius 1 is 1.05 bits per heavy atom. The molecule has 1 atom stereocenters. The van der Waals surface area contributed by atoms with Crippen molar-refractivity contribution in [2.45, 2.75) is 33.6 Å². The van der Waals surface area contributed by atoms with E-state index in [9.17, 15) is 9.59 Å². The van der Waals surface area contributed by atoms with E-state index in [2.05, 4.69) is 0 Å². The summed E-state index contributed by atoms with van der Waals surface area (Å²) in [5.41, 5.74) is 2.25. The highest BCUT2D eigenvalue weighted by Crippen LogP contribution is 2.12. The van der Waals surface area contributed by atoms with Crippen LogP contribution >= 0.6 is 0 Å². The maximum atomic E-state index is 12.3. The van der Waals surface area contributed by atoms with Crippen LogP contribution < -0.4 is 0 Å². The van der Waals surface area contributed by atoms with Gasteiger partial charge in [-0.15, -0.1) is 0 Å². The molecular weight excluding hydrogens is 276 g/mol. The van der Waals surface area contributed by atoms with Gasteiger partial charge in [0, 0.05) is 32.1 Å². The predicted molar refractivity (Wildman–Crippen MR) is 87.5 cm³/mol. The molecule has 0 saturated carbocycles. The maximum Gasteiger partial charge on any atom is 0.227 e. The summed E-state index contributed by atoms with van der Waals surface area (Å²) in [7, 11) is 0. The third-order valence-electron chi connectivity index (χ3n) is 4.45. The third kappa shape index (κ3) is 4.09. The number of hydrogen-bond donors (Lipinski definition) is 0. The molecular formula is C18H26N2O2. The Morgan fingerprint density at radius 2 is 1.59 bits per heavy atom. The summed E-state index contributed by atoms with van der Waals surface area (Å²) < 4.78 is 0. The number of nitrogens with zero attached hydrogens (tertiary/aromatic N) is 2. The van der Waals surface area contributed by atoms with Crippen LogP contribution in [0.2, 0.25) is 0 Å². The minimum atomic E-state index is 0.0785. The smallest absolute Gasteiger partial charge is 0.227 e. The molecule has 2 rings (SSSR count). The van der Waals surface area contributed by atoms with Crippen LogP contribution in [-0.4, -0.2) is 47.8 Å². The highest BCUT2D eigenvalue weighted by atomic mass is 16.2. The van der Waals surface area contributed by atoms with E-state index in [-0.39, 0.29) is 17.7 Å². The number of rotatable bonds is 4. The number of piperazine rings is 1. The highest BCUT2D eigenvalue weighted by Gasteiger charge is 2.26. The lowest BCUT2D eigenvalue weighted by Gasteiger charge is -2.36. The first-order valence-corrected chi connectivity index (χ1v) is 8.13. The van der Waals surface area contributed by atoms with E-state index < -0.39 is 0 Å². The van der Waals surface area contributed by atoms with Crippen LogP contribution in [0.4, 0.5) is 0 Å². The first-order valence-electron chi connectivity index (χ1n) is 8.13. The molecule has 120 valence electrons. The van der Waals surface area contributed by atoms with Crippen LogP contribution in [0.3, 0.4) is 0 Å². The van der Waals surface area contributed by atoms with Gasteiger partial charge >= 0.3 is 0 Å². The van der Waals surface area contributed by atoms with Crippen LogP contribution in [0, 0.1) is 12.8 Å². The lowest BCUT2D eigenvalue weighted by Crippen LogP contribution is -2.52. The molecule has 4 nitrogen and oxygen atoms in total. The molecule has 0 bridgehead atoms. The lowest BCUT2D eigenvalue weighted by atomic mass is 10.1. The van der Waals surface area contributed by atoms with Gasteiger partial charge in [-0.05, 0) is 18.9 Å². The van der Waals surface area contributed by atoms with E-state index >= 15 is 0 Å². The fourth-order valence-corrected chi connectivity index (χ4v) is 2.65. The summed E-state index contributed by atoms with van der Waals surface area (Å²) in [5.74, 6) is 0.447. The first-order chi connectivity index (χ1) is 10.5. The number of carbonyl (C=O) groups is 2. The van der Waals surface area contributed by atoms with Crippen molar-refractivity contribution < 1.29 is 9.59 Å². The zero-order valence-electron chi connectivity index (χ0n) is 13.8. The van der Waals surface area contributed by atoms with Crippen molar-refractivity contribution >= 4 is 11.8 Å². The average molecular weight is 302 g/mol. The summed E-state index contributed by atoms with van der Waals surface area (Å²) >= 11 is 0. The SMILES string of the molecule is CCC(C)C(=O)N1CCN(C(=O)Cc2ccc(C)cc2)CC1. The molecule has 2 amide bonds. The molecule has 0 aliphatic carbocycles. The van der Waals surface area contributed by atoms with Crippen LogP contribution in [0.5, 0.6) is 0 Å². The van der Waals surface area contributed by atoms with Crippen molar-refractivity contribution in [2.24, 2.45) is 5.92 Å². The van der Waals surface area contributed by atoms with Gasteiger partial charge in [-0.1, -0.05) is 43.7 Å². The Kier molecular flexibility index (Phi) is 5.58. The summed E-state index contributed by atoms with van der Waals surface area (Å²) in [6.07, 6.45) is 1.31. The number of carbonyl (C=O) groups excluding carboxylic acids is 2. The zero-order valence-corrected chi connectivity index (χ0v) is 13.8. The van der Waals surface area contributed by atoms with Crippen LogP contribution in [0.1, 0.15) is 31.4 Å².